The zero-order valence-electron chi connectivity index (χ0n) is 14.0. The molecule has 1 fully saturated rings. The first-order valence-corrected chi connectivity index (χ1v) is 8.35. The summed E-state index contributed by atoms with van der Waals surface area (Å²) in [7, 11) is 0. The number of hydrogen-bond donors (Lipinski definition) is 0. The molecule has 1 amide bonds. The lowest BCUT2D eigenvalue weighted by molar-refractivity contribution is 0.0768. The van der Waals surface area contributed by atoms with Crippen LogP contribution in [0.15, 0.2) is 36.8 Å². The molecule has 0 radical (unpaired) electrons. The second-order valence-corrected chi connectivity index (χ2v) is 6.11. The first-order chi connectivity index (χ1) is 12.2. The lowest BCUT2D eigenvalue weighted by Gasteiger charge is -2.22. The van der Waals surface area contributed by atoms with E-state index in [-0.39, 0.29) is 5.91 Å². The Bertz CT molecular complexity index is 892. The smallest absolute Gasteiger partial charge is 0.259 e. The largest absolute Gasteiger partial charge is 0.353 e. The molecule has 0 unspecified atom stereocenters. The van der Waals surface area contributed by atoms with Gasteiger partial charge in [0.1, 0.15) is 5.56 Å². The number of carbonyl (C=O) groups is 1. The maximum atomic E-state index is 13.0. The van der Waals surface area contributed by atoms with Crippen molar-refractivity contribution in [2.75, 3.05) is 31.1 Å². The van der Waals surface area contributed by atoms with E-state index in [9.17, 15) is 4.79 Å². The summed E-state index contributed by atoms with van der Waals surface area (Å²) in [4.78, 5) is 21.5. The minimum Gasteiger partial charge on any atom is -0.353 e. The summed E-state index contributed by atoms with van der Waals surface area (Å²) in [6.45, 7) is 4.84. The molecule has 25 heavy (non-hydrogen) atoms. The molecule has 4 heterocycles. The van der Waals surface area contributed by atoms with Gasteiger partial charge in [-0.2, -0.15) is 10.2 Å². The van der Waals surface area contributed by atoms with E-state index in [4.69, 9.17) is 0 Å². The molecule has 0 atom stereocenters. The van der Waals surface area contributed by atoms with E-state index in [1.54, 1.807) is 16.9 Å². The molecule has 0 bridgehead atoms. The zero-order valence-corrected chi connectivity index (χ0v) is 14.0. The Morgan fingerprint density at radius 1 is 1.16 bits per heavy atom. The third kappa shape index (κ3) is 3.02. The molecule has 0 aromatic carbocycles. The van der Waals surface area contributed by atoms with Gasteiger partial charge < -0.3 is 9.80 Å². The highest BCUT2D eigenvalue weighted by Crippen LogP contribution is 2.16. The maximum Gasteiger partial charge on any atom is 0.259 e. The quantitative estimate of drug-likeness (QED) is 0.699. The van der Waals surface area contributed by atoms with Crippen LogP contribution in [0.25, 0.3) is 5.65 Å². The topological polar surface area (TPSA) is 79.5 Å². The highest BCUT2D eigenvalue weighted by Gasteiger charge is 2.24. The van der Waals surface area contributed by atoms with Crippen LogP contribution in [0.2, 0.25) is 0 Å². The van der Waals surface area contributed by atoms with Gasteiger partial charge >= 0.3 is 0 Å². The predicted octanol–water partition coefficient (Wildman–Crippen LogP) is 1.18. The van der Waals surface area contributed by atoms with Gasteiger partial charge in [0.2, 0.25) is 0 Å². The standard InChI is InChI=1S/C17H19N7O/c1-13-5-9-24-16(20-13)14(12-19-24)17(25)23-8-3-7-22(10-11-23)15-4-2-6-18-21-15/h2,4-6,9,12H,3,7-8,10-11H2,1H3. The summed E-state index contributed by atoms with van der Waals surface area (Å²) >= 11 is 0. The van der Waals surface area contributed by atoms with Crippen molar-refractivity contribution in [2.45, 2.75) is 13.3 Å². The number of nitrogens with zero attached hydrogens (tertiary/aromatic N) is 7. The normalized spacial score (nSPS) is 15.4. The Labute approximate surface area is 145 Å². The van der Waals surface area contributed by atoms with E-state index in [0.29, 0.717) is 24.3 Å². The number of carbonyl (C=O) groups excluding carboxylic acids is 1. The number of hydrogen-bond acceptors (Lipinski definition) is 6. The van der Waals surface area contributed by atoms with Crippen molar-refractivity contribution in [3.63, 3.8) is 0 Å². The molecule has 8 nitrogen and oxygen atoms in total. The number of amides is 1. The van der Waals surface area contributed by atoms with Gasteiger partial charge in [-0.25, -0.2) is 9.50 Å². The predicted molar refractivity (Wildman–Crippen MR) is 92.5 cm³/mol. The lowest BCUT2D eigenvalue weighted by Crippen LogP contribution is -2.35. The van der Waals surface area contributed by atoms with Crippen molar-refractivity contribution in [3.8, 4) is 0 Å². The number of fused-ring (bicyclic) bond motifs is 1. The highest BCUT2D eigenvalue weighted by molar-refractivity contribution is 5.99. The Morgan fingerprint density at radius 2 is 2.08 bits per heavy atom. The molecule has 8 heteroatoms. The second-order valence-electron chi connectivity index (χ2n) is 6.11. The third-order valence-corrected chi connectivity index (χ3v) is 4.40. The summed E-state index contributed by atoms with van der Waals surface area (Å²) in [5, 5.41) is 12.3. The third-order valence-electron chi connectivity index (χ3n) is 4.40. The van der Waals surface area contributed by atoms with Crippen LogP contribution in [-0.4, -0.2) is 61.8 Å². The molecule has 1 aliphatic rings. The van der Waals surface area contributed by atoms with Crippen LogP contribution in [0.1, 0.15) is 22.5 Å². The SMILES string of the molecule is Cc1ccn2ncc(C(=O)N3CCCN(c4cccnn4)CC3)c2n1. The number of aromatic nitrogens is 5. The van der Waals surface area contributed by atoms with Gasteiger partial charge in [0.25, 0.3) is 5.91 Å². The van der Waals surface area contributed by atoms with Gasteiger partial charge in [0.05, 0.1) is 6.20 Å². The van der Waals surface area contributed by atoms with Gasteiger partial charge in [0.15, 0.2) is 11.5 Å². The molecule has 1 saturated heterocycles. The molecule has 128 valence electrons. The fourth-order valence-corrected chi connectivity index (χ4v) is 3.09. The van der Waals surface area contributed by atoms with E-state index in [2.05, 4.69) is 25.2 Å². The van der Waals surface area contributed by atoms with Crippen LogP contribution in [0.3, 0.4) is 0 Å². The van der Waals surface area contributed by atoms with Crippen LogP contribution in [0, 0.1) is 6.92 Å². The summed E-state index contributed by atoms with van der Waals surface area (Å²) in [5.74, 6) is 0.833. The zero-order chi connectivity index (χ0) is 17.2. The molecule has 1 aliphatic heterocycles. The van der Waals surface area contributed by atoms with E-state index < -0.39 is 0 Å². The van der Waals surface area contributed by atoms with E-state index in [1.165, 1.54) is 0 Å². The molecule has 0 spiro atoms. The van der Waals surface area contributed by atoms with Crippen LogP contribution in [0.5, 0.6) is 0 Å². The van der Waals surface area contributed by atoms with Gasteiger partial charge in [-0.05, 0) is 31.5 Å². The Kier molecular flexibility index (Phi) is 4.01. The average molecular weight is 337 g/mol. The van der Waals surface area contributed by atoms with Gasteiger partial charge in [-0.3, -0.25) is 4.79 Å². The molecular weight excluding hydrogens is 318 g/mol. The average Bonchev–Trinajstić information content (AvgIpc) is 2.89. The summed E-state index contributed by atoms with van der Waals surface area (Å²) < 4.78 is 1.64. The highest BCUT2D eigenvalue weighted by atomic mass is 16.2. The minimum absolute atomic E-state index is 0.0194. The van der Waals surface area contributed by atoms with Crippen LogP contribution >= 0.6 is 0 Å². The molecular formula is C17H19N7O. The van der Waals surface area contributed by atoms with Gasteiger partial charge in [0, 0.05) is 44.3 Å². The monoisotopic (exact) mass is 337 g/mol. The number of aryl methyl sites for hydroxylation is 1. The first kappa shape index (κ1) is 15.5. The van der Waals surface area contributed by atoms with Crippen molar-refractivity contribution in [1.29, 1.82) is 0 Å². The van der Waals surface area contributed by atoms with Crippen molar-refractivity contribution in [3.05, 3.63) is 48.0 Å². The molecule has 0 aliphatic carbocycles. The lowest BCUT2D eigenvalue weighted by atomic mass is 10.2. The van der Waals surface area contributed by atoms with Crippen molar-refractivity contribution in [2.24, 2.45) is 0 Å². The van der Waals surface area contributed by atoms with Crippen LogP contribution in [0.4, 0.5) is 5.82 Å². The molecule has 0 N–H and O–H groups in total. The summed E-state index contributed by atoms with van der Waals surface area (Å²) in [6, 6.07) is 5.70. The first-order valence-electron chi connectivity index (χ1n) is 8.35. The van der Waals surface area contributed by atoms with Crippen LogP contribution in [-0.2, 0) is 0 Å². The Hall–Kier alpha value is -3.03. The molecule has 3 aromatic heterocycles. The van der Waals surface area contributed by atoms with Gasteiger partial charge in [-0.15, -0.1) is 5.10 Å². The van der Waals surface area contributed by atoms with Crippen molar-refractivity contribution in [1.82, 2.24) is 29.7 Å². The fourth-order valence-electron chi connectivity index (χ4n) is 3.09. The fraction of sp³-hybridized carbons (Fsp3) is 0.353. The Balaban J connectivity index is 1.53. The van der Waals surface area contributed by atoms with Crippen LogP contribution < -0.4 is 4.90 Å². The maximum absolute atomic E-state index is 13.0. The van der Waals surface area contributed by atoms with Crippen molar-refractivity contribution >= 4 is 17.4 Å². The Morgan fingerprint density at radius 3 is 2.92 bits per heavy atom. The minimum atomic E-state index is -0.0194. The molecule has 4 rings (SSSR count). The molecule has 0 saturated carbocycles. The van der Waals surface area contributed by atoms with E-state index >= 15 is 0 Å². The van der Waals surface area contributed by atoms with E-state index in [0.717, 1.165) is 31.0 Å². The summed E-state index contributed by atoms with van der Waals surface area (Å²) in [6.07, 6.45) is 5.98. The molecule has 3 aromatic rings. The van der Waals surface area contributed by atoms with E-state index in [1.807, 2.05) is 36.2 Å². The van der Waals surface area contributed by atoms with Gasteiger partial charge in [-0.1, -0.05) is 0 Å². The second kappa shape index (κ2) is 6.46. The number of anilines is 1. The number of rotatable bonds is 2. The summed E-state index contributed by atoms with van der Waals surface area (Å²) in [5.41, 5.74) is 2.03. The van der Waals surface area contributed by atoms with Crippen molar-refractivity contribution < 1.29 is 4.79 Å².